The van der Waals surface area contributed by atoms with Crippen molar-refractivity contribution in [2.24, 2.45) is 0 Å². The van der Waals surface area contributed by atoms with E-state index in [1.54, 1.807) is 17.8 Å². The fourth-order valence-corrected chi connectivity index (χ4v) is 1.82. The van der Waals surface area contributed by atoms with Crippen molar-refractivity contribution in [1.82, 2.24) is 0 Å². The Morgan fingerprint density at radius 2 is 2.06 bits per heavy atom. The van der Waals surface area contributed by atoms with E-state index in [1.165, 1.54) is 19.2 Å². The molecule has 0 aromatic heterocycles. The summed E-state index contributed by atoms with van der Waals surface area (Å²) < 4.78 is 4.28. The highest BCUT2D eigenvalue weighted by Crippen LogP contribution is 2.36. The topological polar surface area (TPSA) is 69.4 Å². The van der Waals surface area contributed by atoms with Gasteiger partial charge in [-0.3, -0.25) is 10.1 Å². The molecule has 1 rings (SSSR count). The molecule has 18 heavy (non-hydrogen) atoms. The van der Waals surface area contributed by atoms with Crippen LogP contribution in [0.2, 0.25) is 0 Å². The fraction of sp³-hybridized carbons (Fsp3) is 0.417. The van der Waals surface area contributed by atoms with Gasteiger partial charge < -0.3 is 4.74 Å². The SMILES string of the molecule is COC(=O)c1ccc(C(C)(C)SC)cc1[N+](=O)[O-]. The molecule has 0 unspecified atom stereocenters. The van der Waals surface area contributed by atoms with Gasteiger partial charge in [0.1, 0.15) is 5.56 Å². The Morgan fingerprint density at radius 3 is 2.50 bits per heavy atom. The highest BCUT2D eigenvalue weighted by atomic mass is 32.2. The number of methoxy groups -OCH3 is 1. The third-order valence-electron chi connectivity index (χ3n) is 2.81. The third kappa shape index (κ3) is 2.81. The Morgan fingerprint density at radius 1 is 1.44 bits per heavy atom. The van der Waals surface area contributed by atoms with Crippen molar-refractivity contribution in [3.05, 3.63) is 39.4 Å². The summed E-state index contributed by atoms with van der Waals surface area (Å²) in [6.07, 6.45) is 1.93. The summed E-state index contributed by atoms with van der Waals surface area (Å²) >= 11 is 1.58. The van der Waals surface area contributed by atoms with E-state index in [0.717, 1.165) is 5.56 Å². The second-order valence-electron chi connectivity index (χ2n) is 4.20. The maximum Gasteiger partial charge on any atom is 0.344 e. The Bertz CT molecular complexity index is 485. The van der Waals surface area contributed by atoms with E-state index >= 15 is 0 Å². The van der Waals surface area contributed by atoms with Crippen LogP contribution in [0.3, 0.4) is 0 Å². The number of carbonyl (C=O) groups excluding carboxylic acids is 1. The fourth-order valence-electron chi connectivity index (χ4n) is 1.46. The molecule has 0 fully saturated rings. The average molecular weight is 269 g/mol. The predicted molar refractivity (Wildman–Crippen MR) is 71.0 cm³/mol. The highest BCUT2D eigenvalue weighted by molar-refractivity contribution is 7.99. The van der Waals surface area contributed by atoms with Gasteiger partial charge in [0.15, 0.2) is 0 Å². The maximum atomic E-state index is 11.4. The van der Waals surface area contributed by atoms with Gasteiger partial charge in [-0.05, 0) is 31.7 Å². The van der Waals surface area contributed by atoms with Gasteiger partial charge in [0.05, 0.1) is 12.0 Å². The lowest BCUT2D eigenvalue weighted by atomic mass is 9.99. The summed E-state index contributed by atoms with van der Waals surface area (Å²) in [6, 6.07) is 4.59. The molecule has 0 aliphatic rings. The molecular weight excluding hydrogens is 254 g/mol. The molecule has 5 nitrogen and oxygen atoms in total. The molecule has 0 saturated carbocycles. The first-order valence-corrected chi connectivity index (χ1v) is 6.48. The largest absolute Gasteiger partial charge is 0.465 e. The summed E-state index contributed by atoms with van der Waals surface area (Å²) in [6.45, 7) is 3.93. The molecule has 0 aliphatic carbocycles. The van der Waals surface area contributed by atoms with Crippen LogP contribution in [-0.4, -0.2) is 24.3 Å². The number of rotatable bonds is 4. The van der Waals surface area contributed by atoms with E-state index in [4.69, 9.17) is 0 Å². The molecule has 0 spiro atoms. The second kappa shape index (κ2) is 5.39. The average Bonchev–Trinajstić information content (AvgIpc) is 2.36. The molecule has 0 saturated heterocycles. The molecule has 1 aromatic rings. The van der Waals surface area contributed by atoms with Crippen LogP contribution in [0.4, 0.5) is 5.69 Å². The standard InChI is InChI=1S/C12H15NO4S/c1-12(2,18-4)8-5-6-9(11(14)17-3)10(7-8)13(15)16/h5-7H,1-4H3. The first-order chi connectivity index (χ1) is 8.33. The molecule has 1 aromatic carbocycles. The van der Waals surface area contributed by atoms with Crippen LogP contribution < -0.4 is 0 Å². The molecule has 0 aliphatic heterocycles. The molecule has 0 amide bonds. The van der Waals surface area contributed by atoms with E-state index in [9.17, 15) is 14.9 Å². The summed E-state index contributed by atoms with van der Waals surface area (Å²) in [5, 5.41) is 11.0. The van der Waals surface area contributed by atoms with Gasteiger partial charge in [0.25, 0.3) is 5.69 Å². The zero-order valence-electron chi connectivity index (χ0n) is 10.7. The van der Waals surface area contributed by atoms with Crippen molar-refractivity contribution >= 4 is 23.4 Å². The third-order valence-corrected chi connectivity index (χ3v) is 4.06. The van der Waals surface area contributed by atoms with Crippen LogP contribution in [0.1, 0.15) is 29.8 Å². The number of ether oxygens (including phenoxy) is 1. The quantitative estimate of drug-likeness (QED) is 0.477. The van der Waals surface area contributed by atoms with Crippen LogP contribution >= 0.6 is 11.8 Å². The zero-order valence-corrected chi connectivity index (χ0v) is 11.5. The molecule has 0 bridgehead atoms. The minimum atomic E-state index is -0.699. The number of carbonyl (C=O) groups is 1. The number of nitro groups is 1. The van der Waals surface area contributed by atoms with Gasteiger partial charge in [0.2, 0.25) is 0 Å². The van der Waals surface area contributed by atoms with Crippen LogP contribution in [-0.2, 0) is 9.48 Å². The number of nitro benzene ring substituents is 1. The van der Waals surface area contributed by atoms with Gasteiger partial charge >= 0.3 is 5.97 Å². The predicted octanol–water partition coefficient (Wildman–Crippen LogP) is 2.98. The molecule has 0 atom stereocenters. The summed E-state index contributed by atoms with van der Waals surface area (Å²) in [4.78, 5) is 21.9. The van der Waals surface area contributed by atoms with Crippen LogP contribution in [0.5, 0.6) is 0 Å². The molecule has 98 valence electrons. The van der Waals surface area contributed by atoms with Crippen molar-refractivity contribution < 1.29 is 14.5 Å². The highest BCUT2D eigenvalue weighted by Gasteiger charge is 2.26. The number of hydrogen-bond acceptors (Lipinski definition) is 5. The number of thioether (sulfide) groups is 1. The molecule has 0 heterocycles. The van der Waals surface area contributed by atoms with E-state index in [2.05, 4.69) is 4.74 Å². The first kappa shape index (κ1) is 14.5. The van der Waals surface area contributed by atoms with Crippen molar-refractivity contribution in [2.75, 3.05) is 13.4 Å². The summed E-state index contributed by atoms with van der Waals surface area (Å²) in [5.74, 6) is -0.699. The minimum Gasteiger partial charge on any atom is -0.465 e. The zero-order chi connectivity index (χ0) is 13.9. The Balaban J connectivity index is 3.37. The Labute approximate surface area is 110 Å². The number of esters is 1. The molecule has 6 heteroatoms. The molecular formula is C12H15NO4S. The van der Waals surface area contributed by atoms with Crippen molar-refractivity contribution in [2.45, 2.75) is 18.6 Å². The van der Waals surface area contributed by atoms with E-state index in [0.29, 0.717) is 0 Å². The van der Waals surface area contributed by atoms with Crippen LogP contribution in [0.25, 0.3) is 0 Å². The van der Waals surface area contributed by atoms with Crippen LogP contribution in [0.15, 0.2) is 18.2 Å². The van der Waals surface area contributed by atoms with E-state index in [1.807, 2.05) is 20.1 Å². The van der Waals surface area contributed by atoms with Gasteiger partial charge in [-0.1, -0.05) is 6.07 Å². The van der Waals surface area contributed by atoms with Crippen molar-refractivity contribution in [3.8, 4) is 0 Å². The van der Waals surface area contributed by atoms with Crippen molar-refractivity contribution in [1.29, 1.82) is 0 Å². The van der Waals surface area contributed by atoms with E-state index < -0.39 is 10.9 Å². The van der Waals surface area contributed by atoms with Gasteiger partial charge in [-0.2, -0.15) is 11.8 Å². The Kier molecular flexibility index (Phi) is 4.34. The van der Waals surface area contributed by atoms with Crippen LogP contribution in [0, 0.1) is 10.1 Å². The number of benzene rings is 1. The lowest BCUT2D eigenvalue weighted by Gasteiger charge is -2.22. The van der Waals surface area contributed by atoms with E-state index in [-0.39, 0.29) is 16.0 Å². The first-order valence-electron chi connectivity index (χ1n) is 5.26. The van der Waals surface area contributed by atoms with Gasteiger partial charge in [-0.15, -0.1) is 0 Å². The molecule has 0 N–H and O–H groups in total. The minimum absolute atomic E-state index is 0.0249. The lowest BCUT2D eigenvalue weighted by molar-refractivity contribution is -0.385. The normalized spacial score (nSPS) is 11.1. The van der Waals surface area contributed by atoms with Gasteiger partial charge in [0, 0.05) is 10.8 Å². The smallest absolute Gasteiger partial charge is 0.344 e. The maximum absolute atomic E-state index is 11.4. The monoisotopic (exact) mass is 269 g/mol. The second-order valence-corrected chi connectivity index (χ2v) is 5.62. The summed E-state index contributed by atoms with van der Waals surface area (Å²) in [7, 11) is 1.20. The lowest BCUT2D eigenvalue weighted by Crippen LogP contribution is -2.13. The van der Waals surface area contributed by atoms with Crippen molar-refractivity contribution in [3.63, 3.8) is 0 Å². The number of hydrogen-bond donors (Lipinski definition) is 0. The molecule has 0 radical (unpaired) electrons. The Hall–Kier alpha value is -1.56. The van der Waals surface area contributed by atoms with Gasteiger partial charge in [-0.25, -0.2) is 4.79 Å². The summed E-state index contributed by atoms with van der Waals surface area (Å²) in [5.41, 5.74) is 0.555. The number of nitrogens with zero attached hydrogens (tertiary/aromatic N) is 1.